The van der Waals surface area contributed by atoms with Crippen molar-refractivity contribution in [2.45, 2.75) is 0 Å². The second-order valence-electron chi connectivity index (χ2n) is 1.23. The molecule has 2 nitrogen and oxygen atoms in total. The highest BCUT2D eigenvalue weighted by atomic mass is 79.9. The van der Waals surface area contributed by atoms with Crippen LogP contribution in [0.25, 0.3) is 0 Å². The van der Waals surface area contributed by atoms with E-state index in [0.717, 1.165) is 25.0 Å². The lowest BCUT2D eigenvalue weighted by Gasteiger charge is -1.95. The predicted molar refractivity (Wildman–Crippen MR) is 35.7 cm³/mol. The molecule has 0 atom stereocenters. The van der Waals surface area contributed by atoms with Gasteiger partial charge in [0.2, 0.25) is 0 Å². The van der Waals surface area contributed by atoms with Crippen LogP contribution in [0.15, 0.2) is 0 Å². The molecule has 0 unspecified atom stereocenters. The molecule has 0 spiro atoms. The summed E-state index contributed by atoms with van der Waals surface area (Å²) < 4.78 is 0. The summed E-state index contributed by atoms with van der Waals surface area (Å²) >= 11 is 3.28. The monoisotopic (exact) mass is 166 g/mol. The van der Waals surface area contributed by atoms with E-state index >= 15 is 0 Å². The average molecular weight is 167 g/mol. The molecular formula is C4H11BrN2. The predicted octanol–water partition coefficient (Wildman–Crippen LogP) is -0.0704. The van der Waals surface area contributed by atoms with E-state index in [9.17, 15) is 0 Å². The fourth-order valence-corrected chi connectivity index (χ4v) is 0.574. The van der Waals surface area contributed by atoms with Crippen molar-refractivity contribution in [3.05, 3.63) is 0 Å². The molecule has 0 aliphatic rings. The Kier molecular flexibility index (Phi) is 6.77. The number of hydrogen-bond donors (Lipinski definition) is 2. The zero-order valence-electron chi connectivity index (χ0n) is 4.28. The minimum Gasteiger partial charge on any atom is -0.329 e. The lowest BCUT2D eigenvalue weighted by molar-refractivity contribution is 0.731. The van der Waals surface area contributed by atoms with Gasteiger partial charge in [0.25, 0.3) is 0 Å². The van der Waals surface area contributed by atoms with E-state index < -0.39 is 0 Å². The molecule has 0 aromatic rings. The quantitative estimate of drug-likeness (QED) is 0.454. The van der Waals surface area contributed by atoms with Crippen molar-refractivity contribution < 1.29 is 0 Å². The maximum Gasteiger partial charge on any atom is 0.0157 e. The largest absolute Gasteiger partial charge is 0.329 e. The second-order valence-corrected chi connectivity index (χ2v) is 2.02. The first-order chi connectivity index (χ1) is 3.41. The molecule has 0 rings (SSSR count). The maximum absolute atomic E-state index is 5.19. The van der Waals surface area contributed by atoms with Crippen LogP contribution < -0.4 is 11.1 Å². The van der Waals surface area contributed by atoms with E-state index in [4.69, 9.17) is 5.73 Å². The molecule has 0 aliphatic heterocycles. The first-order valence-corrected chi connectivity index (χ1v) is 3.50. The van der Waals surface area contributed by atoms with Crippen LogP contribution in [0.2, 0.25) is 0 Å². The number of hydrogen-bond acceptors (Lipinski definition) is 2. The fourth-order valence-electron chi connectivity index (χ4n) is 0.294. The Morgan fingerprint density at radius 3 is 2.57 bits per heavy atom. The summed E-state index contributed by atoms with van der Waals surface area (Å²) in [5.74, 6) is 0. The van der Waals surface area contributed by atoms with Gasteiger partial charge in [0.1, 0.15) is 0 Å². The van der Waals surface area contributed by atoms with Gasteiger partial charge in [-0.05, 0) is 0 Å². The lowest BCUT2D eigenvalue weighted by Crippen LogP contribution is -2.23. The molecule has 44 valence electrons. The third kappa shape index (κ3) is 6.40. The molecule has 0 bridgehead atoms. The molecule has 0 amide bonds. The summed E-state index contributed by atoms with van der Waals surface area (Å²) in [4.78, 5) is 0. The van der Waals surface area contributed by atoms with Gasteiger partial charge in [0.05, 0.1) is 0 Å². The Bertz CT molecular complexity index is 28.9. The lowest BCUT2D eigenvalue weighted by atomic mass is 10.6. The van der Waals surface area contributed by atoms with Gasteiger partial charge in [0.15, 0.2) is 0 Å². The topological polar surface area (TPSA) is 38.0 Å². The number of nitrogens with two attached hydrogens (primary N) is 1. The molecule has 7 heavy (non-hydrogen) atoms. The summed E-state index contributed by atoms with van der Waals surface area (Å²) in [5, 5.41) is 4.12. The van der Waals surface area contributed by atoms with E-state index in [1.807, 2.05) is 0 Å². The Hall–Kier alpha value is 0.400. The van der Waals surface area contributed by atoms with Gasteiger partial charge in [-0.3, -0.25) is 0 Å². The standard InChI is InChI=1S/C4H11BrN2/c5-1-3-7-4-2-6/h7H,1-4,6H2. The Morgan fingerprint density at radius 2 is 2.14 bits per heavy atom. The van der Waals surface area contributed by atoms with E-state index in [2.05, 4.69) is 21.2 Å². The van der Waals surface area contributed by atoms with Crippen molar-refractivity contribution >= 4 is 15.9 Å². The van der Waals surface area contributed by atoms with Crippen LogP contribution >= 0.6 is 15.9 Å². The van der Waals surface area contributed by atoms with Crippen molar-refractivity contribution in [3.8, 4) is 0 Å². The highest BCUT2D eigenvalue weighted by Gasteiger charge is 1.77. The molecule has 0 aromatic heterocycles. The molecule has 3 heteroatoms. The third-order valence-electron chi connectivity index (χ3n) is 0.592. The summed E-state index contributed by atoms with van der Waals surface area (Å²) in [6, 6.07) is 0. The summed E-state index contributed by atoms with van der Waals surface area (Å²) in [6.07, 6.45) is 0. The smallest absolute Gasteiger partial charge is 0.0157 e. The minimum absolute atomic E-state index is 0.729. The number of halogens is 1. The number of nitrogens with one attached hydrogen (secondary N) is 1. The van der Waals surface area contributed by atoms with Crippen molar-refractivity contribution in [3.63, 3.8) is 0 Å². The molecule has 0 radical (unpaired) electrons. The number of rotatable bonds is 4. The molecule has 3 N–H and O–H groups in total. The first-order valence-electron chi connectivity index (χ1n) is 2.38. The Labute approximate surface area is 52.6 Å². The number of alkyl halides is 1. The van der Waals surface area contributed by atoms with Gasteiger partial charge < -0.3 is 11.1 Å². The van der Waals surface area contributed by atoms with Crippen LogP contribution in [-0.2, 0) is 0 Å². The van der Waals surface area contributed by atoms with E-state index in [1.165, 1.54) is 0 Å². The summed E-state index contributed by atoms with van der Waals surface area (Å²) in [5.41, 5.74) is 5.19. The Morgan fingerprint density at radius 1 is 1.43 bits per heavy atom. The average Bonchev–Trinajstić information content (AvgIpc) is 1.69. The SMILES string of the molecule is NCCNCCBr. The minimum atomic E-state index is 0.729. The van der Waals surface area contributed by atoms with Crippen LogP contribution in [0.3, 0.4) is 0 Å². The maximum atomic E-state index is 5.19. The van der Waals surface area contributed by atoms with Gasteiger partial charge in [-0.1, -0.05) is 15.9 Å². The highest BCUT2D eigenvalue weighted by molar-refractivity contribution is 9.09. The Balaban J connectivity index is 2.45. The van der Waals surface area contributed by atoms with Gasteiger partial charge in [-0.15, -0.1) is 0 Å². The van der Waals surface area contributed by atoms with Crippen LogP contribution in [0.5, 0.6) is 0 Å². The molecular weight excluding hydrogens is 156 g/mol. The van der Waals surface area contributed by atoms with E-state index in [-0.39, 0.29) is 0 Å². The molecule has 0 heterocycles. The highest BCUT2D eigenvalue weighted by Crippen LogP contribution is 1.72. The first kappa shape index (κ1) is 7.40. The van der Waals surface area contributed by atoms with Crippen LogP contribution in [-0.4, -0.2) is 25.0 Å². The molecule has 0 aromatic carbocycles. The van der Waals surface area contributed by atoms with E-state index in [1.54, 1.807) is 0 Å². The van der Waals surface area contributed by atoms with E-state index in [0.29, 0.717) is 0 Å². The summed E-state index contributed by atoms with van der Waals surface area (Å²) in [6.45, 7) is 2.66. The zero-order chi connectivity index (χ0) is 5.54. The van der Waals surface area contributed by atoms with Crippen molar-refractivity contribution in [2.24, 2.45) is 5.73 Å². The second kappa shape index (κ2) is 6.40. The molecule has 0 fully saturated rings. The normalized spacial score (nSPS) is 9.43. The van der Waals surface area contributed by atoms with Crippen molar-refractivity contribution in [1.29, 1.82) is 0 Å². The van der Waals surface area contributed by atoms with Gasteiger partial charge >= 0.3 is 0 Å². The van der Waals surface area contributed by atoms with Gasteiger partial charge in [-0.25, -0.2) is 0 Å². The fraction of sp³-hybridized carbons (Fsp3) is 1.00. The zero-order valence-corrected chi connectivity index (χ0v) is 5.87. The van der Waals surface area contributed by atoms with Crippen molar-refractivity contribution in [1.82, 2.24) is 5.32 Å². The molecule has 0 saturated carbocycles. The van der Waals surface area contributed by atoms with Crippen LogP contribution in [0, 0.1) is 0 Å². The summed E-state index contributed by atoms with van der Waals surface area (Å²) in [7, 11) is 0. The van der Waals surface area contributed by atoms with Crippen LogP contribution in [0.4, 0.5) is 0 Å². The van der Waals surface area contributed by atoms with Gasteiger partial charge in [-0.2, -0.15) is 0 Å². The van der Waals surface area contributed by atoms with Crippen molar-refractivity contribution in [2.75, 3.05) is 25.0 Å². The third-order valence-corrected chi connectivity index (χ3v) is 0.989. The molecule has 0 aliphatic carbocycles. The van der Waals surface area contributed by atoms with Crippen LogP contribution in [0.1, 0.15) is 0 Å². The van der Waals surface area contributed by atoms with Gasteiger partial charge in [0, 0.05) is 25.0 Å². The molecule has 0 saturated heterocycles.